The van der Waals surface area contributed by atoms with Gasteiger partial charge in [-0.25, -0.2) is 4.68 Å². The second-order valence-electron chi connectivity index (χ2n) is 4.92. The number of halogens is 1. The number of ether oxygens (including phenoxy) is 1. The molecule has 1 heterocycles. The van der Waals surface area contributed by atoms with Crippen LogP contribution in [0.3, 0.4) is 0 Å². The van der Waals surface area contributed by atoms with Crippen molar-refractivity contribution in [3.63, 3.8) is 0 Å². The van der Waals surface area contributed by atoms with Crippen molar-refractivity contribution < 1.29 is 9.53 Å². The van der Waals surface area contributed by atoms with Crippen LogP contribution in [-0.4, -0.2) is 29.4 Å². The average molecular weight is 300 g/mol. The van der Waals surface area contributed by atoms with Crippen molar-refractivity contribution >= 4 is 23.3 Å². The molecule has 2 rings (SSSR count). The molecule has 1 aliphatic carbocycles. The molecule has 1 aromatic heterocycles. The molecule has 0 radical (unpaired) electrons. The summed E-state index contributed by atoms with van der Waals surface area (Å²) in [5, 5.41) is 7.07. The van der Waals surface area contributed by atoms with E-state index >= 15 is 0 Å². The fraction of sp³-hybridized carbons (Fsp3) is 0.615. The second kappa shape index (κ2) is 6.74. The number of hydrogen-bond donors (Lipinski definition) is 1. The Morgan fingerprint density at radius 2 is 2.35 bits per heavy atom. The van der Waals surface area contributed by atoms with Crippen molar-refractivity contribution in [2.75, 3.05) is 19.0 Å². The third-order valence-electron chi connectivity index (χ3n) is 3.29. The number of carbonyl (C=O) groups excluding carboxylic acids is 1. The number of rotatable bonds is 7. The smallest absolute Gasteiger partial charge is 0.327 e. The van der Waals surface area contributed by atoms with Crippen LogP contribution in [0.15, 0.2) is 11.0 Å². The molecule has 0 aliphatic heterocycles. The lowest BCUT2D eigenvalue weighted by Gasteiger charge is -2.09. The molecule has 0 atom stereocenters. The molecule has 0 aromatic carbocycles. The predicted octanol–water partition coefficient (Wildman–Crippen LogP) is 1.67. The van der Waals surface area contributed by atoms with Gasteiger partial charge < -0.3 is 10.1 Å². The van der Waals surface area contributed by atoms with E-state index in [2.05, 4.69) is 15.2 Å². The van der Waals surface area contributed by atoms with Crippen molar-refractivity contribution in [2.24, 2.45) is 5.92 Å². The van der Waals surface area contributed by atoms with E-state index in [-0.39, 0.29) is 11.6 Å². The first-order chi connectivity index (χ1) is 9.61. The van der Waals surface area contributed by atoms with Crippen LogP contribution in [0.4, 0.5) is 5.69 Å². The maximum atomic E-state index is 11.9. The molecule has 0 amide bonds. The number of carbonyl (C=O) groups is 1. The number of nitrogens with zero attached hydrogens (tertiary/aromatic N) is 2. The van der Waals surface area contributed by atoms with E-state index in [0.717, 1.165) is 23.6 Å². The highest BCUT2D eigenvalue weighted by atomic mass is 35.5. The van der Waals surface area contributed by atoms with Crippen LogP contribution >= 0.6 is 11.6 Å². The molecule has 0 saturated heterocycles. The number of hydrogen-bond acceptors (Lipinski definition) is 5. The summed E-state index contributed by atoms with van der Waals surface area (Å²) in [6.45, 7) is 0.523. The van der Waals surface area contributed by atoms with E-state index in [4.69, 9.17) is 11.6 Å². The summed E-state index contributed by atoms with van der Waals surface area (Å²) in [7, 11) is 1.25. The van der Waals surface area contributed by atoms with Gasteiger partial charge in [-0.05, 0) is 18.8 Å². The van der Waals surface area contributed by atoms with Gasteiger partial charge in [0.15, 0.2) is 0 Å². The summed E-state index contributed by atoms with van der Waals surface area (Å²) >= 11 is 5.99. The Kier molecular flexibility index (Phi) is 5.00. The predicted molar refractivity (Wildman–Crippen MR) is 76.0 cm³/mol. The molecule has 110 valence electrons. The summed E-state index contributed by atoms with van der Waals surface area (Å²) < 4.78 is 5.48. The maximum absolute atomic E-state index is 11.9. The highest BCUT2D eigenvalue weighted by Gasteiger charge is 2.20. The van der Waals surface area contributed by atoms with Gasteiger partial charge in [0.2, 0.25) is 0 Å². The number of anilines is 1. The van der Waals surface area contributed by atoms with Gasteiger partial charge in [0.25, 0.3) is 5.56 Å². The summed E-state index contributed by atoms with van der Waals surface area (Å²) in [4.78, 5) is 23.0. The molecule has 7 heteroatoms. The van der Waals surface area contributed by atoms with Crippen LogP contribution in [0, 0.1) is 5.92 Å². The molecule has 0 spiro atoms. The lowest BCUT2D eigenvalue weighted by atomic mass is 10.2. The van der Waals surface area contributed by atoms with Crippen LogP contribution in [0.25, 0.3) is 0 Å². The Balaban J connectivity index is 1.94. The molecule has 0 bridgehead atoms. The summed E-state index contributed by atoms with van der Waals surface area (Å²) in [5.74, 6) is 0.347. The number of aromatic nitrogens is 2. The van der Waals surface area contributed by atoms with Crippen molar-refractivity contribution in [3.05, 3.63) is 21.6 Å². The molecule has 1 aromatic rings. The van der Waals surface area contributed by atoms with E-state index in [9.17, 15) is 9.59 Å². The van der Waals surface area contributed by atoms with Crippen molar-refractivity contribution in [1.82, 2.24) is 9.78 Å². The van der Waals surface area contributed by atoms with Gasteiger partial charge in [0.1, 0.15) is 11.6 Å². The highest BCUT2D eigenvalue weighted by molar-refractivity contribution is 6.32. The van der Waals surface area contributed by atoms with E-state index in [1.807, 2.05) is 0 Å². The largest absolute Gasteiger partial charge is 0.468 e. The zero-order chi connectivity index (χ0) is 14.5. The zero-order valence-corrected chi connectivity index (χ0v) is 12.2. The molecule has 6 nitrogen and oxygen atoms in total. The standard InChI is InChI=1S/C13H18ClN3O3/c1-20-11(18)8-17-13(19)12(14)10(7-16-17)15-6-2-3-9-4-5-9/h7,9,15H,2-6,8H2,1H3. The van der Waals surface area contributed by atoms with Crippen LogP contribution in [0.5, 0.6) is 0 Å². The summed E-state index contributed by atoms with van der Waals surface area (Å²) in [6, 6.07) is 0. The van der Waals surface area contributed by atoms with Crippen LogP contribution < -0.4 is 10.9 Å². The van der Waals surface area contributed by atoms with E-state index in [1.54, 1.807) is 0 Å². The molecule has 1 fully saturated rings. The summed E-state index contributed by atoms with van der Waals surface area (Å²) in [5.41, 5.74) is 0.0119. The minimum atomic E-state index is -0.541. The zero-order valence-electron chi connectivity index (χ0n) is 11.4. The van der Waals surface area contributed by atoms with Crippen molar-refractivity contribution in [3.8, 4) is 0 Å². The van der Waals surface area contributed by atoms with Gasteiger partial charge >= 0.3 is 5.97 Å². The average Bonchev–Trinajstić information content (AvgIpc) is 3.26. The van der Waals surface area contributed by atoms with Crippen LogP contribution in [-0.2, 0) is 16.1 Å². The van der Waals surface area contributed by atoms with Crippen LogP contribution in [0.1, 0.15) is 25.7 Å². The molecule has 0 unspecified atom stereocenters. The molecular formula is C13H18ClN3O3. The molecule has 20 heavy (non-hydrogen) atoms. The molecular weight excluding hydrogens is 282 g/mol. The SMILES string of the molecule is COC(=O)Cn1ncc(NCCCC2CC2)c(Cl)c1=O. The Hall–Kier alpha value is -1.56. The second-order valence-corrected chi connectivity index (χ2v) is 5.30. The fourth-order valence-corrected chi connectivity index (χ4v) is 2.12. The highest BCUT2D eigenvalue weighted by Crippen LogP contribution is 2.33. The van der Waals surface area contributed by atoms with Crippen molar-refractivity contribution in [1.29, 1.82) is 0 Å². The van der Waals surface area contributed by atoms with E-state index < -0.39 is 11.5 Å². The summed E-state index contributed by atoms with van der Waals surface area (Å²) in [6.07, 6.45) is 6.39. The van der Waals surface area contributed by atoms with Crippen molar-refractivity contribution in [2.45, 2.75) is 32.2 Å². The Morgan fingerprint density at radius 3 is 3.00 bits per heavy atom. The lowest BCUT2D eigenvalue weighted by Crippen LogP contribution is -2.28. The number of nitrogens with one attached hydrogen (secondary N) is 1. The van der Waals surface area contributed by atoms with E-state index in [1.165, 1.54) is 32.6 Å². The lowest BCUT2D eigenvalue weighted by molar-refractivity contribution is -0.141. The minimum absolute atomic E-state index is 0.0512. The maximum Gasteiger partial charge on any atom is 0.327 e. The molecule has 1 saturated carbocycles. The van der Waals surface area contributed by atoms with Gasteiger partial charge in [-0.3, -0.25) is 9.59 Å². The third kappa shape index (κ3) is 3.96. The first-order valence-electron chi connectivity index (χ1n) is 6.68. The molecule has 1 N–H and O–H groups in total. The fourth-order valence-electron chi connectivity index (χ4n) is 1.91. The van der Waals surface area contributed by atoms with Gasteiger partial charge in [-0.1, -0.05) is 24.4 Å². The van der Waals surface area contributed by atoms with Gasteiger partial charge in [0.05, 0.1) is 19.0 Å². The Morgan fingerprint density at radius 1 is 1.60 bits per heavy atom. The van der Waals surface area contributed by atoms with Crippen LogP contribution in [0.2, 0.25) is 5.02 Å². The quantitative estimate of drug-likeness (QED) is 0.612. The molecule has 1 aliphatic rings. The van der Waals surface area contributed by atoms with E-state index in [0.29, 0.717) is 5.69 Å². The van der Waals surface area contributed by atoms with Gasteiger partial charge in [-0.2, -0.15) is 5.10 Å². The Labute approximate surface area is 122 Å². The first kappa shape index (κ1) is 14.8. The third-order valence-corrected chi connectivity index (χ3v) is 3.66. The Bertz CT molecular complexity index is 540. The monoisotopic (exact) mass is 299 g/mol. The number of esters is 1. The normalized spacial score (nSPS) is 14.1. The first-order valence-corrected chi connectivity index (χ1v) is 7.06. The number of methoxy groups -OCH3 is 1. The minimum Gasteiger partial charge on any atom is -0.468 e. The topological polar surface area (TPSA) is 73.2 Å². The van der Waals surface area contributed by atoms with Gasteiger partial charge in [-0.15, -0.1) is 0 Å². The van der Waals surface area contributed by atoms with Gasteiger partial charge in [0, 0.05) is 6.54 Å².